The summed E-state index contributed by atoms with van der Waals surface area (Å²) >= 11 is 0. The quantitative estimate of drug-likeness (QED) is 0.788. The van der Waals surface area contributed by atoms with E-state index in [1.807, 2.05) is 0 Å². The summed E-state index contributed by atoms with van der Waals surface area (Å²) in [5.74, 6) is -0.252. The van der Waals surface area contributed by atoms with Crippen molar-refractivity contribution in [1.29, 1.82) is 0 Å². The smallest absolute Gasteiger partial charge is 0.123 e. The van der Waals surface area contributed by atoms with Crippen molar-refractivity contribution >= 4 is 0 Å². The van der Waals surface area contributed by atoms with Crippen molar-refractivity contribution in [1.82, 2.24) is 4.90 Å². The van der Waals surface area contributed by atoms with Crippen molar-refractivity contribution in [3.63, 3.8) is 0 Å². The van der Waals surface area contributed by atoms with Gasteiger partial charge in [0.2, 0.25) is 0 Å². The van der Waals surface area contributed by atoms with Gasteiger partial charge in [-0.3, -0.25) is 0 Å². The van der Waals surface area contributed by atoms with Crippen LogP contribution in [0, 0.1) is 5.82 Å². The number of hydrogen-bond acceptors (Lipinski definition) is 2. The lowest BCUT2D eigenvalue weighted by Crippen LogP contribution is -2.27. The van der Waals surface area contributed by atoms with E-state index in [1.54, 1.807) is 12.1 Å². The minimum Gasteiger partial charge on any atom is -0.385 e. The zero-order chi connectivity index (χ0) is 11.6. The molecule has 88 valence electrons. The molecular weight excluding hydrogens is 205 g/mol. The Morgan fingerprint density at radius 1 is 1.19 bits per heavy atom. The number of nitrogens with zero attached hydrogens (tertiary/aromatic N) is 1. The first kappa shape index (κ1) is 11.6. The van der Waals surface area contributed by atoms with Gasteiger partial charge >= 0.3 is 0 Å². The van der Waals surface area contributed by atoms with E-state index >= 15 is 0 Å². The minimum absolute atomic E-state index is 0.252. The molecule has 1 aliphatic rings. The summed E-state index contributed by atoms with van der Waals surface area (Å²) in [6.07, 6.45) is 2.45. The van der Waals surface area contributed by atoms with Gasteiger partial charge < -0.3 is 10.0 Å². The van der Waals surface area contributed by atoms with Crippen LogP contribution >= 0.6 is 0 Å². The maximum atomic E-state index is 12.8. The molecule has 0 aliphatic carbocycles. The summed E-state index contributed by atoms with van der Waals surface area (Å²) in [4.78, 5) is 2.22. The summed E-state index contributed by atoms with van der Waals surface area (Å²) in [5, 5.41) is 10.6. The molecular formula is C13H18FNO. The monoisotopic (exact) mass is 223 g/mol. The molecule has 1 aliphatic heterocycles. The maximum absolute atomic E-state index is 12.8. The third-order valence-corrected chi connectivity index (χ3v) is 3.42. The van der Waals surface area contributed by atoms with Crippen LogP contribution in [0.25, 0.3) is 0 Å². The van der Waals surface area contributed by atoms with Crippen molar-refractivity contribution in [2.75, 3.05) is 20.1 Å². The van der Waals surface area contributed by atoms with E-state index < -0.39 is 5.60 Å². The Balaban J connectivity index is 2.20. The van der Waals surface area contributed by atoms with Crippen molar-refractivity contribution in [2.24, 2.45) is 0 Å². The Bertz CT molecular complexity index is 351. The first-order chi connectivity index (χ1) is 7.60. The first-order valence-electron chi connectivity index (χ1n) is 5.77. The SMILES string of the molecule is CN1CCCC(O)(c2ccc(F)cc2)CC1. The number of aliphatic hydroxyl groups is 1. The summed E-state index contributed by atoms with van der Waals surface area (Å²) in [7, 11) is 2.07. The average Bonchev–Trinajstić information content (AvgIpc) is 2.43. The molecule has 1 N–H and O–H groups in total. The Labute approximate surface area is 95.7 Å². The third kappa shape index (κ3) is 2.42. The molecule has 1 atom stereocenters. The first-order valence-corrected chi connectivity index (χ1v) is 5.77. The van der Waals surface area contributed by atoms with Crippen LogP contribution in [0.5, 0.6) is 0 Å². The lowest BCUT2D eigenvalue weighted by Gasteiger charge is -2.27. The topological polar surface area (TPSA) is 23.5 Å². The normalized spacial score (nSPS) is 27.7. The van der Waals surface area contributed by atoms with E-state index in [0.717, 1.165) is 37.9 Å². The van der Waals surface area contributed by atoms with Crippen molar-refractivity contribution in [3.8, 4) is 0 Å². The molecule has 16 heavy (non-hydrogen) atoms. The molecule has 3 heteroatoms. The van der Waals surface area contributed by atoms with E-state index in [4.69, 9.17) is 0 Å². The molecule has 0 spiro atoms. The van der Waals surface area contributed by atoms with Crippen LogP contribution in [0.1, 0.15) is 24.8 Å². The van der Waals surface area contributed by atoms with Crippen molar-refractivity contribution in [2.45, 2.75) is 24.9 Å². The second-order valence-electron chi connectivity index (χ2n) is 4.70. The van der Waals surface area contributed by atoms with E-state index in [1.165, 1.54) is 12.1 Å². The van der Waals surface area contributed by atoms with Crippen LogP contribution in [0.3, 0.4) is 0 Å². The number of likely N-dealkylation sites (tertiary alicyclic amines) is 1. The minimum atomic E-state index is -0.779. The van der Waals surface area contributed by atoms with E-state index in [9.17, 15) is 9.50 Å². The Kier molecular flexibility index (Phi) is 3.26. The van der Waals surface area contributed by atoms with Gasteiger partial charge in [-0.15, -0.1) is 0 Å². The molecule has 0 bridgehead atoms. The predicted octanol–water partition coefficient (Wildman–Crippen LogP) is 2.13. The molecule has 0 aromatic heterocycles. The second kappa shape index (κ2) is 4.52. The van der Waals surface area contributed by atoms with E-state index in [-0.39, 0.29) is 5.82 Å². The van der Waals surface area contributed by atoms with Crippen LogP contribution in [-0.4, -0.2) is 30.1 Å². The fourth-order valence-corrected chi connectivity index (χ4v) is 2.30. The maximum Gasteiger partial charge on any atom is 0.123 e. The van der Waals surface area contributed by atoms with Gasteiger partial charge in [-0.2, -0.15) is 0 Å². The standard InChI is InChI=1S/C13H18FNO/c1-15-9-2-7-13(16,8-10-15)11-3-5-12(14)6-4-11/h3-6,16H,2,7-10H2,1H3. The molecule has 1 aromatic carbocycles. The molecule has 0 saturated carbocycles. The zero-order valence-electron chi connectivity index (χ0n) is 9.62. The van der Waals surface area contributed by atoms with E-state index in [2.05, 4.69) is 11.9 Å². The predicted molar refractivity (Wildman–Crippen MR) is 61.6 cm³/mol. The number of benzene rings is 1. The molecule has 1 unspecified atom stereocenters. The van der Waals surface area contributed by atoms with Gasteiger partial charge in [0.05, 0.1) is 5.60 Å². The summed E-state index contributed by atoms with van der Waals surface area (Å²) < 4.78 is 12.8. The van der Waals surface area contributed by atoms with Crippen LogP contribution in [-0.2, 0) is 5.60 Å². The van der Waals surface area contributed by atoms with Gasteiger partial charge in [0, 0.05) is 6.54 Å². The van der Waals surface area contributed by atoms with Gasteiger partial charge in [-0.25, -0.2) is 4.39 Å². The van der Waals surface area contributed by atoms with Crippen molar-refractivity contribution < 1.29 is 9.50 Å². The van der Waals surface area contributed by atoms with Crippen LogP contribution in [0.15, 0.2) is 24.3 Å². The zero-order valence-corrected chi connectivity index (χ0v) is 9.62. The second-order valence-corrected chi connectivity index (χ2v) is 4.70. The number of rotatable bonds is 1. The molecule has 0 amide bonds. The molecule has 0 radical (unpaired) electrons. The highest BCUT2D eigenvalue weighted by Gasteiger charge is 2.30. The average molecular weight is 223 g/mol. The lowest BCUT2D eigenvalue weighted by atomic mass is 9.87. The molecule has 2 rings (SSSR count). The Morgan fingerprint density at radius 3 is 2.56 bits per heavy atom. The van der Waals surface area contributed by atoms with Crippen LogP contribution < -0.4 is 0 Å². The molecule has 1 fully saturated rings. The van der Waals surface area contributed by atoms with Gasteiger partial charge in [-0.1, -0.05) is 12.1 Å². The largest absolute Gasteiger partial charge is 0.385 e. The fourth-order valence-electron chi connectivity index (χ4n) is 2.30. The highest BCUT2D eigenvalue weighted by atomic mass is 19.1. The van der Waals surface area contributed by atoms with Crippen LogP contribution in [0.4, 0.5) is 4.39 Å². The Morgan fingerprint density at radius 2 is 1.88 bits per heavy atom. The lowest BCUT2D eigenvalue weighted by molar-refractivity contribution is 0.0218. The number of hydrogen-bond donors (Lipinski definition) is 1. The highest BCUT2D eigenvalue weighted by molar-refractivity contribution is 5.23. The third-order valence-electron chi connectivity index (χ3n) is 3.42. The molecule has 1 saturated heterocycles. The van der Waals surface area contributed by atoms with Crippen LogP contribution in [0.2, 0.25) is 0 Å². The van der Waals surface area contributed by atoms with Gasteiger partial charge in [0.15, 0.2) is 0 Å². The molecule has 1 aromatic rings. The van der Waals surface area contributed by atoms with Crippen molar-refractivity contribution in [3.05, 3.63) is 35.6 Å². The van der Waals surface area contributed by atoms with Gasteiger partial charge in [0.1, 0.15) is 5.82 Å². The summed E-state index contributed by atoms with van der Waals surface area (Å²) in [6, 6.07) is 6.23. The number of halogens is 1. The highest BCUT2D eigenvalue weighted by Crippen LogP contribution is 2.32. The van der Waals surface area contributed by atoms with Gasteiger partial charge in [-0.05, 0) is 50.6 Å². The fraction of sp³-hybridized carbons (Fsp3) is 0.538. The van der Waals surface area contributed by atoms with E-state index in [0.29, 0.717) is 0 Å². The molecule has 2 nitrogen and oxygen atoms in total. The van der Waals surface area contributed by atoms with Gasteiger partial charge in [0.25, 0.3) is 0 Å². The molecule has 1 heterocycles. The Hall–Kier alpha value is -0.930. The summed E-state index contributed by atoms with van der Waals surface area (Å²) in [6.45, 7) is 1.90. The summed E-state index contributed by atoms with van der Waals surface area (Å²) in [5.41, 5.74) is 0.0579.